The smallest absolute Gasteiger partial charge is 0.387 e. The van der Waals surface area contributed by atoms with Crippen LogP contribution in [0, 0.1) is 0 Å². The highest BCUT2D eigenvalue weighted by molar-refractivity contribution is 7.99. The second-order valence-corrected chi connectivity index (χ2v) is 7.39. The lowest BCUT2D eigenvalue weighted by molar-refractivity contribution is -0.119. The number of nitrogens with zero attached hydrogens (tertiary/aromatic N) is 3. The lowest BCUT2D eigenvalue weighted by Gasteiger charge is -2.12. The Morgan fingerprint density at radius 3 is 2.68 bits per heavy atom. The number of nitrogens with one attached hydrogen (secondary N) is 1. The maximum absolute atomic E-state index is 12.3. The third kappa shape index (κ3) is 5.31. The highest BCUT2D eigenvalue weighted by atomic mass is 32.2. The molecule has 0 unspecified atom stereocenters. The van der Waals surface area contributed by atoms with Gasteiger partial charge in [0, 0.05) is 18.2 Å². The molecule has 28 heavy (non-hydrogen) atoms. The SMILES string of the molecule is C=CCn1c(SCC(=O)NC2CCCC2)nnc1-c1ccc(OC(F)F)cc1. The van der Waals surface area contributed by atoms with Crippen LogP contribution in [0.5, 0.6) is 5.75 Å². The topological polar surface area (TPSA) is 69.0 Å². The average Bonchev–Trinajstić information content (AvgIpc) is 3.31. The number of aromatic nitrogens is 3. The molecule has 0 spiro atoms. The summed E-state index contributed by atoms with van der Waals surface area (Å²) in [6.07, 6.45) is 6.12. The fourth-order valence-corrected chi connectivity index (χ4v) is 3.92. The lowest BCUT2D eigenvalue weighted by Crippen LogP contribution is -2.33. The van der Waals surface area contributed by atoms with Crippen LogP contribution < -0.4 is 10.1 Å². The molecule has 1 aliphatic carbocycles. The van der Waals surface area contributed by atoms with Crippen LogP contribution in [-0.2, 0) is 11.3 Å². The first kappa shape index (κ1) is 20.3. The molecule has 1 aliphatic rings. The number of carbonyl (C=O) groups is 1. The predicted molar refractivity (Wildman–Crippen MR) is 103 cm³/mol. The number of alkyl halides is 2. The number of ether oxygens (including phenoxy) is 1. The molecule has 6 nitrogen and oxygen atoms in total. The summed E-state index contributed by atoms with van der Waals surface area (Å²) in [6.45, 7) is 1.35. The number of allylic oxidation sites excluding steroid dienone is 1. The Kier molecular flexibility index (Phi) is 7.02. The van der Waals surface area contributed by atoms with Gasteiger partial charge in [-0.05, 0) is 37.1 Å². The number of hydrogen-bond acceptors (Lipinski definition) is 5. The van der Waals surface area contributed by atoms with Crippen LogP contribution >= 0.6 is 11.8 Å². The molecule has 1 N–H and O–H groups in total. The standard InChI is InChI=1S/C19H22F2N4O2S/c1-2-11-25-17(13-7-9-15(10-8-13)27-18(20)21)23-24-19(25)28-12-16(26)22-14-5-3-4-6-14/h2,7-10,14,18H,1,3-6,11-12H2,(H,22,26). The van der Waals surface area contributed by atoms with E-state index in [9.17, 15) is 13.6 Å². The van der Waals surface area contributed by atoms with Crippen LogP contribution in [-0.4, -0.2) is 39.1 Å². The van der Waals surface area contributed by atoms with E-state index in [0.29, 0.717) is 23.1 Å². The second kappa shape index (κ2) is 9.68. The molecule has 0 bridgehead atoms. The van der Waals surface area contributed by atoms with Crippen molar-refractivity contribution in [3.05, 3.63) is 36.9 Å². The predicted octanol–water partition coefficient (Wildman–Crippen LogP) is 3.88. The molecule has 2 aromatic rings. The Morgan fingerprint density at radius 2 is 2.04 bits per heavy atom. The number of carbonyl (C=O) groups excluding carboxylic acids is 1. The Balaban J connectivity index is 1.68. The maximum Gasteiger partial charge on any atom is 0.387 e. The summed E-state index contributed by atoms with van der Waals surface area (Å²) >= 11 is 1.31. The van der Waals surface area contributed by atoms with Crippen molar-refractivity contribution >= 4 is 17.7 Å². The van der Waals surface area contributed by atoms with Crippen molar-refractivity contribution in [2.75, 3.05) is 5.75 Å². The zero-order valence-corrected chi connectivity index (χ0v) is 16.1. The van der Waals surface area contributed by atoms with E-state index in [1.165, 1.54) is 23.9 Å². The van der Waals surface area contributed by atoms with Crippen LogP contribution in [0.15, 0.2) is 42.1 Å². The Morgan fingerprint density at radius 1 is 1.32 bits per heavy atom. The largest absolute Gasteiger partial charge is 0.435 e. The maximum atomic E-state index is 12.3. The average molecular weight is 408 g/mol. The van der Waals surface area contributed by atoms with Gasteiger partial charge in [0.25, 0.3) is 0 Å². The van der Waals surface area contributed by atoms with Crippen LogP contribution in [0.25, 0.3) is 11.4 Å². The minimum atomic E-state index is -2.87. The normalized spacial score (nSPS) is 14.4. The minimum Gasteiger partial charge on any atom is -0.435 e. The molecule has 1 fully saturated rings. The summed E-state index contributed by atoms with van der Waals surface area (Å²) in [5.74, 6) is 0.890. The van der Waals surface area contributed by atoms with E-state index in [2.05, 4.69) is 26.8 Å². The van der Waals surface area contributed by atoms with Crippen LogP contribution in [0.3, 0.4) is 0 Å². The molecule has 1 aromatic heterocycles. The number of halogens is 2. The third-order valence-electron chi connectivity index (χ3n) is 4.42. The molecule has 0 radical (unpaired) electrons. The summed E-state index contributed by atoms with van der Waals surface area (Å²) in [5.41, 5.74) is 0.707. The molecule has 1 aromatic carbocycles. The monoisotopic (exact) mass is 408 g/mol. The summed E-state index contributed by atoms with van der Waals surface area (Å²) in [4.78, 5) is 12.2. The van der Waals surface area contributed by atoms with Crippen molar-refractivity contribution in [1.29, 1.82) is 0 Å². The van der Waals surface area contributed by atoms with Gasteiger partial charge in [-0.15, -0.1) is 16.8 Å². The number of hydrogen-bond donors (Lipinski definition) is 1. The molecule has 0 aliphatic heterocycles. The van der Waals surface area contributed by atoms with Crippen molar-refractivity contribution in [3.63, 3.8) is 0 Å². The highest BCUT2D eigenvalue weighted by Gasteiger charge is 2.19. The third-order valence-corrected chi connectivity index (χ3v) is 5.39. The summed E-state index contributed by atoms with van der Waals surface area (Å²) in [6, 6.07) is 6.47. The number of amides is 1. The zero-order valence-electron chi connectivity index (χ0n) is 15.3. The van der Waals surface area contributed by atoms with E-state index in [1.54, 1.807) is 18.2 Å². The quantitative estimate of drug-likeness (QED) is 0.504. The first-order chi connectivity index (χ1) is 13.6. The van der Waals surface area contributed by atoms with Gasteiger partial charge in [-0.25, -0.2) is 0 Å². The van der Waals surface area contributed by atoms with Crippen molar-refractivity contribution in [1.82, 2.24) is 20.1 Å². The Hall–Kier alpha value is -2.42. The Labute approximate surface area is 166 Å². The summed E-state index contributed by atoms with van der Waals surface area (Å²) < 4.78 is 30.8. The summed E-state index contributed by atoms with van der Waals surface area (Å²) in [7, 11) is 0. The van der Waals surface area contributed by atoms with E-state index in [0.717, 1.165) is 25.7 Å². The van der Waals surface area contributed by atoms with Crippen molar-refractivity contribution in [2.45, 2.75) is 50.0 Å². The fraction of sp³-hybridized carbons (Fsp3) is 0.421. The van der Waals surface area contributed by atoms with Crippen LogP contribution in [0.1, 0.15) is 25.7 Å². The van der Waals surface area contributed by atoms with E-state index < -0.39 is 6.61 Å². The number of thioether (sulfide) groups is 1. The van der Waals surface area contributed by atoms with Crippen molar-refractivity contribution in [3.8, 4) is 17.1 Å². The molecule has 3 rings (SSSR count). The van der Waals surface area contributed by atoms with Crippen molar-refractivity contribution in [2.24, 2.45) is 0 Å². The van der Waals surface area contributed by atoms with E-state index in [-0.39, 0.29) is 23.5 Å². The first-order valence-electron chi connectivity index (χ1n) is 9.08. The zero-order chi connectivity index (χ0) is 19.9. The van der Waals surface area contributed by atoms with E-state index >= 15 is 0 Å². The first-order valence-corrected chi connectivity index (χ1v) is 10.1. The number of benzene rings is 1. The Bertz CT molecular complexity index is 805. The van der Waals surface area contributed by atoms with Gasteiger partial charge in [0.15, 0.2) is 11.0 Å². The molecule has 1 heterocycles. The van der Waals surface area contributed by atoms with Gasteiger partial charge in [0.2, 0.25) is 5.91 Å². The van der Waals surface area contributed by atoms with Gasteiger partial charge in [0.1, 0.15) is 5.75 Å². The van der Waals surface area contributed by atoms with Gasteiger partial charge >= 0.3 is 6.61 Å². The molecule has 150 valence electrons. The number of rotatable bonds is 9. The molecule has 0 atom stereocenters. The molecular weight excluding hydrogens is 386 g/mol. The lowest BCUT2D eigenvalue weighted by atomic mass is 10.2. The molecule has 1 amide bonds. The molecule has 1 saturated carbocycles. The molecular formula is C19H22F2N4O2S. The van der Waals surface area contributed by atoms with E-state index in [4.69, 9.17) is 0 Å². The molecule has 0 saturated heterocycles. The fourth-order valence-electron chi connectivity index (χ4n) is 3.16. The summed E-state index contributed by atoms with van der Waals surface area (Å²) in [5, 5.41) is 12.0. The van der Waals surface area contributed by atoms with Crippen LogP contribution in [0.4, 0.5) is 8.78 Å². The van der Waals surface area contributed by atoms with Gasteiger partial charge in [0.05, 0.1) is 5.75 Å². The van der Waals surface area contributed by atoms with Crippen molar-refractivity contribution < 1.29 is 18.3 Å². The molecule has 9 heteroatoms. The highest BCUT2D eigenvalue weighted by Crippen LogP contribution is 2.26. The van der Waals surface area contributed by atoms with Gasteiger partial charge < -0.3 is 10.1 Å². The van der Waals surface area contributed by atoms with Gasteiger partial charge in [-0.1, -0.05) is 30.7 Å². The van der Waals surface area contributed by atoms with Gasteiger partial charge in [-0.3, -0.25) is 9.36 Å². The van der Waals surface area contributed by atoms with E-state index in [1.807, 2.05) is 4.57 Å². The van der Waals surface area contributed by atoms with Crippen LogP contribution in [0.2, 0.25) is 0 Å². The minimum absolute atomic E-state index is 0.0138. The van der Waals surface area contributed by atoms with Gasteiger partial charge in [-0.2, -0.15) is 8.78 Å². The second-order valence-electron chi connectivity index (χ2n) is 6.45.